The van der Waals surface area contributed by atoms with Crippen molar-refractivity contribution in [3.63, 3.8) is 0 Å². The number of nitrogens with two attached hydrogens (primary N) is 1. The van der Waals surface area contributed by atoms with Gasteiger partial charge in [0.25, 0.3) is 0 Å². The van der Waals surface area contributed by atoms with Gasteiger partial charge in [0.15, 0.2) is 5.13 Å². The lowest BCUT2D eigenvalue weighted by Crippen LogP contribution is -2.28. The summed E-state index contributed by atoms with van der Waals surface area (Å²) >= 11 is 2.89. The second kappa shape index (κ2) is 5.78. The minimum Gasteiger partial charge on any atom is -0.326 e. The standard InChI is InChI=1S/C11H16N4O2S3/c1-7-10(9-5-4-8(6-12)19-9)13-11(18-7)14-20(16,17)15(2)3/h4-5H,6,12H2,1-3H3,(H,13,14). The first-order chi connectivity index (χ1) is 9.33. The molecular weight excluding hydrogens is 316 g/mol. The number of nitrogens with one attached hydrogen (secondary N) is 1. The van der Waals surface area contributed by atoms with Crippen LogP contribution < -0.4 is 10.5 Å². The van der Waals surface area contributed by atoms with Gasteiger partial charge in [-0.05, 0) is 19.1 Å². The maximum Gasteiger partial charge on any atom is 0.302 e. The number of aromatic nitrogens is 1. The average Bonchev–Trinajstić information content (AvgIpc) is 2.94. The van der Waals surface area contributed by atoms with E-state index in [1.54, 1.807) is 11.3 Å². The Morgan fingerprint density at radius 1 is 1.35 bits per heavy atom. The Labute approximate surface area is 126 Å². The van der Waals surface area contributed by atoms with Gasteiger partial charge in [-0.15, -0.1) is 22.7 Å². The van der Waals surface area contributed by atoms with Crippen molar-refractivity contribution >= 4 is 38.0 Å². The Kier molecular flexibility index (Phi) is 4.45. The van der Waals surface area contributed by atoms with E-state index in [1.165, 1.54) is 25.4 Å². The van der Waals surface area contributed by atoms with E-state index in [-0.39, 0.29) is 0 Å². The van der Waals surface area contributed by atoms with E-state index in [0.29, 0.717) is 11.7 Å². The molecule has 9 heteroatoms. The molecule has 3 N–H and O–H groups in total. The highest BCUT2D eigenvalue weighted by Gasteiger charge is 2.18. The molecule has 0 aliphatic heterocycles. The molecule has 2 aromatic rings. The van der Waals surface area contributed by atoms with Gasteiger partial charge in [0.1, 0.15) is 0 Å². The highest BCUT2D eigenvalue weighted by molar-refractivity contribution is 7.90. The predicted molar refractivity (Wildman–Crippen MR) is 84.3 cm³/mol. The van der Waals surface area contributed by atoms with E-state index in [2.05, 4.69) is 9.71 Å². The van der Waals surface area contributed by atoms with Crippen molar-refractivity contribution in [2.45, 2.75) is 13.5 Å². The lowest BCUT2D eigenvalue weighted by atomic mass is 10.3. The average molecular weight is 332 g/mol. The molecule has 0 bridgehead atoms. The molecule has 2 rings (SSSR count). The number of thiazole rings is 1. The number of nitrogens with zero attached hydrogens (tertiary/aromatic N) is 2. The molecule has 0 unspecified atom stereocenters. The van der Waals surface area contributed by atoms with Crippen LogP contribution in [0, 0.1) is 6.92 Å². The van der Waals surface area contributed by atoms with E-state index >= 15 is 0 Å². The summed E-state index contributed by atoms with van der Waals surface area (Å²) in [5, 5.41) is 0.369. The van der Waals surface area contributed by atoms with E-state index in [0.717, 1.165) is 24.6 Å². The molecule has 0 saturated carbocycles. The van der Waals surface area contributed by atoms with Crippen LogP contribution >= 0.6 is 22.7 Å². The number of hydrogen-bond acceptors (Lipinski definition) is 6. The zero-order valence-corrected chi connectivity index (χ0v) is 13.8. The second-order valence-electron chi connectivity index (χ2n) is 4.28. The van der Waals surface area contributed by atoms with Crippen LogP contribution in [-0.2, 0) is 16.8 Å². The van der Waals surface area contributed by atoms with Crippen molar-refractivity contribution in [2.24, 2.45) is 5.73 Å². The minimum atomic E-state index is -3.52. The van der Waals surface area contributed by atoms with Gasteiger partial charge in [0.2, 0.25) is 0 Å². The molecule has 0 amide bonds. The first-order valence-electron chi connectivity index (χ1n) is 5.80. The van der Waals surface area contributed by atoms with Crippen molar-refractivity contribution in [1.82, 2.24) is 9.29 Å². The Bertz CT molecular complexity index is 703. The molecule has 0 aromatic carbocycles. The summed E-state index contributed by atoms with van der Waals surface area (Å²) in [6, 6.07) is 3.92. The zero-order valence-electron chi connectivity index (χ0n) is 11.4. The van der Waals surface area contributed by atoms with Crippen molar-refractivity contribution in [3.8, 4) is 10.6 Å². The topological polar surface area (TPSA) is 88.3 Å². The summed E-state index contributed by atoms with van der Waals surface area (Å²) < 4.78 is 27.1. The van der Waals surface area contributed by atoms with Crippen LogP contribution in [0.2, 0.25) is 0 Å². The second-order valence-corrected chi connectivity index (χ2v) is 8.54. The van der Waals surface area contributed by atoms with Gasteiger partial charge < -0.3 is 5.73 Å². The van der Waals surface area contributed by atoms with Crippen molar-refractivity contribution in [2.75, 3.05) is 18.8 Å². The summed E-state index contributed by atoms with van der Waals surface area (Å²) in [5.74, 6) is 0. The molecular formula is C11H16N4O2S3. The largest absolute Gasteiger partial charge is 0.326 e. The van der Waals surface area contributed by atoms with Gasteiger partial charge in [-0.25, -0.2) is 9.71 Å². The SMILES string of the molecule is Cc1sc(NS(=O)(=O)N(C)C)nc1-c1ccc(CN)s1. The third-order valence-corrected chi connectivity index (χ3v) is 6.13. The van der Waals surface area contributed by atoms with Crippen molar-refractivity contribution in [3.05, 3.63) is 21.9 Å². The van der Waals surface area contributed by atoms with Gasteiger partial charge in [0, 0.05) is 30.4 Å². The molecule has 2 aromatic heterocycles. The van der Waals surface area contributed by atoms with Crippen LogP contribution in [0.3, 0.4) is 0 Å². The van der Waals surface area contributed by atoms with Gasteiger partial charge in [-0.1, -0.05) is 0 Å². The van der Waals surface area contributed by atoms with Gasteiger partial charge in [0.05, 0.1) is 10.6 Å². The normalized spacial score (nSPS) is 12.1. The zero-order chi connectivity index (χ0) is 14.9. The van der Waals surface area contributed by atoms with Gasteiger partial charge >= 0.3 is 10.2 Å². The maximum absolute atomic E-state index is 11.8. The molecule has 2 heterocycles. The lowest BCUT2D eigenvalue weighted by Gasteiger charge is -2.10. The minimum absolute atomic E-state index is 0.369. The van der Waals surface area contributed by atoms with E-state index in [9.17, 15) is 8.42 Å². The summed E-state index contributed by atoms with van der Waals surface area (Å²) in [7, 11) is -0.584. The monoisotopic (exact) mass is 332 g/mol. The highest BCUT2D eigenvalue weighted by atomic mass is 32.2. The summed E-state index contributed by atoms with van der Waals surface area (Å²) in [6.07, 6.45) is 0. The van der Waals surface area contributed by atoms with Crippen molar-refractivity contribution in [1.29, 1.82) is 0 Å². The van der Waals surface area contributed by atoms with Crippen molar-refractivity contribution < 1.29 is 8.42 Å². The third kappa shape index (κ3) is 3.18. The van der Waals surface area contributed by atoms with Crippen LogP contribution in [-0.4, -0.2) is 31.8 Å². The van der Waals surface area contributed by atoms with Gasteiger partial charge in [-0.2, -0.15) is 12.7 Å². The maximum atomic E-state index is 11.8. The van der Waals surface area contributed by atoms with E-state index in [1.807, 2.05) is 19.1 Å². The van der Waals surface area contributed by atoms with Crippen LogP contribution in [0.4, 0.5) is 5.13 Å². The number of thiophene rings is 1. The van der Waals surface area contributed by atoms with Crippen LogP contribution in [0.25, 0.3) is 10.6 Å². The Balaban J connectivity index is 2.30. The molecule has 0 aliphatic carbocycles. The van der Waals surface area contributed by atoms with E-state index in [4.69, 9.17) is 5.73 Å². The summed E-state index contributed by atoms with van der Waals surface area (Å²) in [4.78, 5) is 7.40. The number of aryl methyl sites for hydroxylation is 1. The van der Waals surface area contributed by atoms with E-state index < -0.39 is 10.2 Å². The number of rotatable bonds is 5. The smallest absolute Gasteiger partial charge is 0.302 e. The Hall–Kier alpha value is -1.00. The highest BCUT2D eigenvalue weighted by Crippen LogP contribution is 2.34. The summed E-state index contributed by atoms with van der Waals surface area (Å²) in [5.41, 5.74) is 6.40. The first kappa shape index (κ1) is 15.4. The van der Waals surface area contributed by atoms with Crippen LogP contribution in [0.5, 0.6) is 0 Å². The fraction of sp³-hybridized carbons (Fsp3) is 0.364. The summed E-state index contributed by atoms with van der Waals surface area (Å²) in [6.45, 7) is 2.41. The Morgan fingerprint density at radius 3 is 2.60 bits per heavy atom. The quantitative estimate of drug-likeness (QED) is 0.874. The van der Waals surface area contributed by atoms with Crippen LogP contribution in [0.1, 0.15) is 9.75 Å². The molecule has 6 nitrogen and oxygen atoms in total. The Morgan fingerprint density at radius 2 is 2.05 bits per heavy atom. The molecule has 110 valence electrons. The fourth-order valence-corrected chi connectivity index (χ4v) is 4.09. The van der Waals surface area contributed by atoms with Gasteiger partial charge in [-0.3, -0.25) is 0 Å². The molecule has 20 heavy (non-hydrogen) atoms. The number of hydrogen-bond donors (Lipinski definition) is 2. The number of anilines is 1. The lowest BCUT2D eigenvalue weighted by molar-refractivity contribution is 0.527. The first-order valence-corrected chi connectivity index (χ1v) is 8.87. The molecule has 0 spiro atoms. The molecule has 0 fully saturated rings. The predicted octanol–water partition coefficient (Wildman–Crippen LogP) is 1.86. The molecule has 0 atom stereocenters. The molecule has 0 saturated heterocycles. The van der Waals surface area contributed by atoms with Crippen LogP contribution in [0.15, 0.2) is 12.1 Å². The third-order valence-electron chi connectivity index (χ3n) is 2.59. The fourth-order valence-electron chi connectivity index (χ4n) is 1.49. The molecule has 0 aliphatic rings. The molecule has 0 radical (unpaired) electrons.